The van der Waals surface area contributed by atoms with Gasteiger partial charge in [-0.05, 0) is 6.42 Å². The number of aliphatic hydroxyl groups is 1. The van der Waals surface area contributed by atoms with Crippen LogP contribution in [0.2, 0.25) is 0 Å². The van der Waals surface area contributed by atoms with Gasteiger partial charge in [0.15, 0.2) is 0 Å². The summed E-state index contributed by atoms with van der Waals surface area (Å²) < 4.78 is 0.888. The number of allylic oxidation sites excluding steroid dienone is 1. The van der Waals surface area contributed by atoms with Crippen molar-refractivity contribution >= 4 is 15.9 Å². The molecule has 0 bridgehead atoms. The first-order valence-electron chi connectivity index (χ1n) is 2.76. The van der Waals surface area contributed by atoms with Gasteiger partial charge in [0.1, 0.15) is 0 Å². The Morgan fingerprint density at radius 2 is 2.38 bits per heavy atom. The standard InChI is InChI=1S/C6H11BrO/c1-2-3-4-6(7)5-8/h4,8H,2-3,5H2,1H3/b6-4-. The molecule has 0 aliphatic rings. The normalized spacial score (nSPS) is 12.1. The maximum absolute atomic E-state index is 8.45. The van der Waals surface area contributed by atoms with Crippen molar-refractivity contribution in [3.05, 3.63) is 10.6 Å². The number of rotatable bonds is 3. The van der Waals surface area contributed by atoms with Gasteiger partial charge in [-0.3, -0.25) is 0 Å². The highest BCUT2D eigenvalue weighted by Crippen LogP contribution is 2.04. The van der Waals surface area contributed by atoms with Crippen LogP contribution in [0.15, 0.2) is 10.6 Å². The lowest BCUT2D eigenvalue weighted by molar-refractivity contribution is 0.340. The number of hydrogen-bond acceptors (Lipinski definition) is 1. The van der Waals surface area contributed by atoms with Crippen LogP contribution < -0.4 is 0 Å². The van der Waals surface area contributed by atoms with Crippen LogP contribution in [-0.2, 0) is 0 Å². The van der Waals surface area contributed by atoms with E-state index in [4.69, 9.17) is 5.11 Å². The van der Waals surface area contributed by atoms with Crippen molar-refractivity contribution in [2.24, 2.45) is 0 Å². The van der Waals surface area contributed by atoms with Gasteiger partial charge < -0.3 is 5.11 Å². The molecule has 0 rings (SSSR count). The summed E-state index contributed by atoms with van der Waals surface area (Å²) in [5, 5.41) is 8.45. The first-order valence-corrected chi connectivity index (χ1v) is 3.56. The molecule has 0 aliphatic heterocycles. The second kappa shape index (κ2) is 5.32. The lowest BCUT2D eigenvalue weighted by Gasteiger charge is -1.88. The Hall–Kier alpha value is 0.180. The van der Waals surface area contributed by atoms with Gasteiger partial charge in [-0.25, -0.2) is 0 Å². The Morgan fingerprint density at radius 3 is 2.75 bits per heavy atom. The zero-order valence-electron chi connectivity index (χ0n) is 5.02. The van der Waals surface area contributed by atoms with E-state index in [9.17, 15) is 0 Å². The van der Waals surface area contributed by atoms with Crippen LogP contribution in [0.1, 0.15) is 19.8 Å². The minimum atomic E-state index is 0.125. The van der Waals surface area contributed by atoms with E-state index in [1.165, 1.54) is 0 Å². The molecule has 0 aliphatic carbocycles. The molecule has 8 heavy (non-hydrogen) atoms. The molecule has 0 heterocycles. The van der Waals surface area contributed by atoms with Gasteiger partial charge in [0.2, 0.25) is 0 Å². The summed E-state index contributed by atoms with van der Waals surface area (Å²) in [4.78, 5) is 0. The van der Waals surface area contributed by atoms with Crippen molar-refractivity contribution in [1.82, 2.24) is 0 Å². The molecule has 0 aromatic carbocycles. The smallest absolute Gasteiger partial charge is 0.0743 e. The third-order valence-electron chi connectivity index (χ3n) is 0.806. The molecule has 0 fully saturated rings. The zero-order chi connectivity index (χ0) is 6.41. The summed E-state index contributed by atoms with van der Waals surface area (Å²) in [7, 11) is 0. The van der Waals surface area contributed by atoms with E-state index in [2.05, 4.69) is 22.9 Å². The monoisotopic (exact) mass is 178 g/mol. The third kappa shape index (κ3) is 4.34. The molecular formula is C6H11BrO. The van der Waals surface area contributed by atoms with Crippen molar-refractivity contribution in [2.75, 3.05) is 6.61 Å². The van der Waals surface area contributed by atoms with E-state index in [0.717, 1.165) is 17.3 Å². The third-order valence-corrected chi connectivity index (χ3v) is 1.38. The minimum absolute atomic E-state index is 0.125. The van der Waals surface area contributed by atoms with Crippen LogP contribution in [-0.4, -0.2) is 11.7 Å². The number of aliphatic hydroxyl groups excluding tert-OH is 1. The van der Waals surface area contributed by atoms with Gasteiger partial charge in [-0.1, -0.05) is 35.4 Å². The molecule has 1 nitrogen and oxygen atoms in total. The predicted molar refractivity (Wildman–Crippen MR) is 39.0 cm³/mol. The average Bonchev–Trinajstić information content (AvgIpc) is 1.83. The van der Waals surface area contributed by atoms with E-state index >= 15 is 0 Å². The maximum Gasteiger partial charge on any atom is 0.0743 e. The first-order chi connectivity index (χ1) is 3.81. The second-order valence-corrected chi connectivity index (χ2v) is 2.62. The number of halogens is 1. The van der Waals surface area contributed by atoms with Gasteiger partial charge in [0, 0.05) is 4.48 Å². The van der Waals surface area contributed by atoms with Crippen molar-refractivity contribution in [2.45, 2.75) is 19.8 Å². The number of unbranched alkanes of at least 4 members (excludes halogenated alkanes) is 1. The summed E-state index contributed by atoms with van der Waals surface area (Å²) in [5.41, 5.74) is 0. The topological polar surface area (TPSA) is 20.2 Å². The van der Waals surface area contributed by atoms with Crippen molar-refractivity contribution in [3.63, 3.8) is 0 Å². The molecule has 0 aromatic heterocycles. The largest absolute Gasteiger partial charge is 0.391 e. The fraction of sp³-hybridized carbons (Fsp3) is 0.667. The molecule has 2 heteroatoms. The molecule has 0 saturated heterocycles. The van der Waals surface area contributed by atoms with Gasteiger partial charge in [-0.2, -0.15) is 0 Å². The molecule has 0 radical (unpaired) electrons. The summed E-state index contributed by atoms with van der Waals surface area (Å²) in [5.74, 6) is 0. The Morgan fingerprint density at radius 1 is 1.75 bits per heavy atom. The van der Waals surface area contributed by atoms with E-state index in [-0.39, 0.29) is 6.61 Å². The molecular weight excluding hydrogens is 168 g/mol. The van der Waals surface area contributed by atoms with E-state index in [1.807, 2.05) is 6.08 Å². The van der Waals surface area contributed by atoms with Gasteiger partial charge in [-0.15, -0.1) is 0 Å². The lowest BCUT2D eigenvalue weighted by Crippen LogP contribution is -1.78. The summed E-state index contributed by atoms with van der Waals surface area (Å²) >= 11 is 3.19. The first kappa shape index (κ1) is 8.18. The highest BCUT2D eigenvalue weighted by atomic mass is 79.9. The molecule has 0 amide bonds. The minimum Gasteiger partial charge on any atom is -0.391 e. The van der Waals surface area contributed by atoms with Gasteiger partial charge >= 0.3 is 0 Å². The molecule has 1 N–H and O–H groups in total. The van der Waals surface area contributed by atoms with Crippen LogP contribution in [0.4, 0.5) is 0 Å². The van der Waals surface area contributed by atoms with Crippen LogP contribution in [0, 0.1) is 0 Å². The quantitative estimate of drug-likeness (QED) is 0.702. The van der Waals surface area contributed by atoms with E-state index in [0.29, 0.717) is 0 Å². The predicted octanol–water partition coefficient (Wildman–Crippen LogP) is 2.06. The van der Waals surface area contributed by atoms with E-state index < -0.39 is 0 Å². The summed E-state index contributed by atoms with van der Waals surface area (Å²) in [6.45, 7) is 2.23. The van der Waals surface area contributed by atoms with Crippen molar-refractivity contribution < 1.29 is 5.11 Å². The highest BCUT2D eigenvalue weighted by Gasteiger charge is 1.83. The number of hydrogen-bond donors (Lipinski definition) is 1. The summed E-state index contributed by atoms with van der Waals surface area (Å²) in [6, 6.07) is 0. The highest BCUT2D eigenvalue weighted by molar-refractivity contribution is 9.11. The second-order valence-electron chi connectivity index (χ2n) is 1.60. The van der Waals surface area contributed by atoms with Gasteiger partial charge in [0.05, 0.1) is 6.61 Å². The summed E-state index contributed by atoms with van der Waals surface area (Å²) in [6.07, 6.45) is 4.16. The van der Waals surface area contributed by atoms with Crippen LogP contribution in [0.3, 0.4) is 0 Å². The molecule has 0 unspecified atom stereocenters. The Bertz CT molecular complexity index is 78.6. The zero-order valence-corrected chi connectivity index (χ0v) is 6.61. The Labute approximate surface area is 58.5 Å². The van der Waals surface area contributed by atoms with E-state index in [1.54, 1.807) is 0 Å². The maximum atomic E-state index is 8.45. The van der Waals surface area contributed by atoms with Crippen molar-refractivity contribution in [1.29, 1.82) is 0 Å². The van der Waals surface area contributed by atoms with Crippen LogP contribution in [0.5, 0.6) is 0 Å². The van der Waals surface area contributed by atoms with Crippen LogP contribution in [0.25, 0.3) is 0 Å². The average molecular weight is 179 g/mol. The SMILES string of the molecule is CCC/C=C(\Br)CO. The molecule has 48 valence electrons. The fourth-order valence-electron chi connectivity index (χ4n) is 0.366. The fourth-order valence-corrected chi connectivity index (χ4v) is 0.594. The lowest BCUT2D eigenvalue weighted by atomic mass is 10.3. The van der Waals surface area contributed by atoms with Crippen LogP contribution >= 0.6 is 15.9 Å². The molecule has 0 saturated carbocycles. The molecule has 0 aromatic rings. The Balaban J connectivity index is 3.26. The molecule has 0 atom stereocenters. The Kier molecular flexibility index (Phi) is 5.44. The van der Waals surface area contributed by atoms with Crippen molar-refractivity contribution in [3.8, 4) is 0 Å². The van der Waals surface area contributed by atoms with Gasteiger partial charge in [0.25, 0.3) is 0 Å². The molecule has 0 spiro atoms.